The molecule has 4 heteroatoms. The average Bonchev–Trinajstić information content (AvgIpc) is 3.06. The summed E-state index contributed by atoms with van der Waals surface area (Å²) in [4.78, 5) is 15.2. The van der Waals surface area contributed by atoms with E-state index in [1.807, 2.05) is 29.3 Å². The molecule has 2 rings (SSSR count). The topological polar surface area (TPSA) is 20.3 Å². The number of allylic oxidation sites excluding steroid dienone is 1. The highest BCUT2D eigenvalue weighted by Crippen LogP contribution is 2.24. The van der Waals surface area contributed by atoms with Gasteiger partial charge in [-0.1, -0.05) is 18.2 Å². The second kappa shape index (κ2) is 6.81. The molecule has 0 aromatic carbocycles. The Morgan fingerprint density at radius 2 is 2.50 bits per heavy atom. The number of hydrogen-bond acceptors (Lipinski definition) is 3. The fourth-order valence-electron chi connectivity index (χ4n) is 1.76. The Bertz CT molecular complexity index is 429. The standard InChI is InChI=1S/C14H17NOS2/c1-2-15(11-13-6-4-10-18-13)14(16)8-7-12-5-3-9-17-12/h3-4,6-10,12H,2,5,11H2,1H3/b8-7+. The third-order valence-corrected chi connectivity index (χ3v) is 4.70. The van der Waals surface area contributed by atoms with Gasteiger partial charge >= 0.3 is 0 Å². The van der Waals surface area contributed by atoms with Crippen molar-refractivity contribution < 1.29 is 4.79 Å². The van der Waals surface area contributed by atoms with Crippen LogP contribution in [0.4, 0.5) is 0 Å². The molecule has 2 nitrogen and oxygen atoms in total. The lowest BCUT2D eigenvalue weighted by Crippen LogP contribution is -2.28. The molecule has 0 N–H and O–H groups in total. The van der Waals surface area contributed by atoms with Crippen LogP contribution in [0.15, 0.2) is 41.1 Å². The molecule has 1 unspecified atom stereocenters. The largest absolute Gasteiger partial charge is 0.334 e. The highest BCUT2D eigenvalue weighted by atomic mass is 32.2. The Hall–Kier alpha value is -1.00. The van der Waals surface area contributed by atoms with E-state index < -0.39 is 0 Å². The number of rotatable bonds is 5. The molecular formula is C14H17NOS2. The third-order valence-electron chi connectivity index (χ3n) is 2.79. The molecule has 18 heavy (non-hydrogen) atoms. The summed E-state index contributed by atoms with van der Waals surface area (Å²) in [6, 6.07) is 4.09. The van der Waals surface area contributed by atoms with Gasteiger partial charge in [0.2, 0.25) is 5.91 Å². The summed E-state index contributed by atoms with van der Waals surface area (Å²) >= 11 is 3.47. The SMILES string of the molecule is CCN(Cc1cccs1)C(=O)/C=C/C1CC=CS1. The molecule has 0 saturated heterocycles. The first-order valence-corrected chi connectivity index (χ1v) is 7.92. The van der Waals surface area contributed by atoms with Gasteiger partial charge < -0.3 is 4.90 Å². The van der Waals surface area contributed by atoms with Crippen LogP contribution < -0.4 is 0 Å². The molecule has 0 spiro atoms. The van der Waals surface area contributed by atoms with E-state index in [-0.39, 0.29) is 5.91 Å². The second-order valence-corrected chi connectivity index (χ2v) is 6.25. The molecule has 0 fully saturated rings. The Morgan fingerprint density at radius 1 is 1.61 bits per heavy atom. The molecule has 1 amide bonds. The number of thiophene rings is 1. The van der Waals surface area contributed by atoms with Gasteiger partial charge in [0.25, 0.3) is 0 Å². The van der Waals surface area contributed by atoms with Gasteiger partial charge in [-0.25, -0.2) is 0 Å². The van der Waals surface area contributed by atoms with Crippen LogP contribution in [0.5, 0.6) is 0 Å². The highest BCUT2D eigenvalue weighted by Gasteiger charge is 2.11. The maximum atomic E-state index is 12.1. The molecule has 1 aromatic heterocycles. The summed E-state index contributed by atoms with van der Waals surface area (Å²) in [5.74, 6) is 0.110. The number of nitrogens with zero attached hydrogens (tertiary/aromatic N) is 1. The van der Waals surface area contributed by atoms with Crippen LogP contribution in [0.25, 0.3) is 0 Å². The van der Waals surface area contributed by atoms with Crippen molar-refractivity contribution in [3.8, 4) is 0 Å². The van der Waals surface area contributed by atoms with Crippen LogP contribution in [0.2, 0.25) is 0 Å². The quantitative estimate of drug-likeness (QED) is 0.766. The van der Waals surface area contributed by atoms with E-state index in [1.165, 1.54) is 4.88 Å². The normalized spacial score (nSPS) is 18.6. The number of thioether (sulfide) groups is 1. The number of likely N-dealkylation sites (N-methyl/N-ethyl adjacent to an activating group) is 1. The Morgan fingerprint density at radius 3 is 3.11 bits per heavy atom. The van der Waals surface area contributed by atoms with Gasteiger partial charge in [0.15, 0.2) is 0 Å². The van der Waals surface area contributed by atoms with Crippen molar-refractivity contribution in [2.45, 2.75) is 25.1 Å². The monoisotopic (exact) mass is 279 g/mol. The van der Waals surface area contributed by atoms with E-state index in [4.69, 9.17) is 0 Å². The zero-order valence-corrected chi connectivity index (χ0v) is 12.0. The van der Waals surface area contributed by atoms with Crippen LogP contribution in [0.1, 0.15) is 18.2 Å². The Labute approximate surface area is 116 Å². The van der Waals surface area contributed by atoms with Crippen LogP contribution in [-0.4, -0.2) is 22.6 Å². The minimum absolute atomic E-state index is 0.110. The number of carbonyl (C=O) groups excluding carboxylic acids is 1. The summed E-state index contributed by atoms with van der Waals surface area (Å²) in [6.45, 7) is 3.48. The fourth-order valence-corrected chi connectivity index (χ4v) is 3.29. The van der Waals surface area contributed by atoms with E-state index in [2.05, 4.69) is 17.6 Å². The molecular weight excluding hydrogens is 262 g/mol. The molecule has 0 saturated carbocycles. The van der Waals surface area contributed by atoms with Crippen molar-refractivity contribution in [1.29, 1.82) is 0 Å². The van der Waals surface area contributed by atoms with Gasteiger partial charge in [0.1, 0.15) is 0 Å². The van der Waals surface area contributed by atoms with E-state index >= 15 is 0 Å². The summed E-state index contributed by atoms with van der Waals surface area (Å²) in [6.07, 6.45) is 6.92. The van der Waals surface area contributed by atoms with Gasteiger partial charge in [0.05, 0.1) is 6.54 Å². The average molecular weight is 279 g/mol. The maximum Gasteiger partial charge on any atom is 0.246 e. The van der Waals surface area contributed by atoms with E-state index in [9.17, 15) is 4.79 Å². The minimum Gasteiger partial charge on any atom is -0.334 e. The first-order chi connectivity index (χ1) is 8.79. The van der Waals surface area contributed by atoms with Crippen molar-refractivity contribution in [2.75, 3.05) is 6.54 Å². The van der Waals surface area contributed by atoms with Gasteiger partial charge in [-0.3, -0.25) is 4.79 Å². The van der Waals surface area contributed by atoms with Crippen molar-refractivity contribution in [3.05, 3.63) is 46.0 Å². The van der Waals surface area contributed by atoms with Gasteiger partial charge in [-0.05, 0) is 30.2 Å². The Kier molecular flexibility index (Phi) is 5.08. The summed E-state index contributed by atoms with van der Waals surface area (Å²) in [5, 5.41) is 4.59. The lowest BCUT2D eigenvalue weighted by Gasteiger charge is -2.18. The van der Waals surface area contributed by atoms with Gasteiger partial charge in [-0.15, -0.1) is 23.1 Å². The number of hydrogen-bond donors (Lipinski definition) is 0. The van der Waals surface area contributed by atoms with E-state index in [0.29, 0.717) is 11.8 Å². The van der Waals surface area contributed by atoms with Crippen LogP contribution in [0, 0.1) is 0 Å². The molecule has 1 aliphatic heterocycles. The lowest BCUT2D eigenvalue weighted by molar-refractivity contribution is -0.126. The van der Waals surface area contributed by atoms with Gasteiger partial charge in [-0.2, -0.15) is 0 Å². The zero-order chi connectivity index (χ0) is 12.8. The van der Waals surface area contributed by atoms with Crippen molar-refractivity contribution in [1.82, 2.24) is 4.90 Å². The number of carbonyl (C=O) groups is 1. The van der Waals surface area contributed by atoms with Crippen molar-refractivity contribution in [2.24, 2.45) is 0 Å². The summed E-state index contributed by atoms with van der Waals surface area (Å²) in [5.41, 5.74) is 0. The summed E-state index contributed by atoms with van der Waals surface area (Å²) in [7, 11) is 0. The van der Waals surface area contributed by atoms with Crippen LogP contribution in [0.3, 0.4) is 0 Å². The predicted octanol–water partition coefficient (Wildman–Crippen LogP) is 3.67. The first kappa shape index (κ1) is 13.4. The predicted molar refractivity (Wildman–Crippen MR) is 79.7 cm³/mol. The minimum atomic E-state index is 0.110. The maximum absolute atomic E-state index is 12.1. The lowest BCUT2D eigenvalue weighted by atomic mass is 10.2. The molecule has 1 aliphatic rings. The molecule has 0 bridgehead atoms. The molecule has 1 aromatic rings. The molecule has 0 radical (unpaired) electrons. The molecule has 2 heterocycles. The first-order valence-electron chi connectivity index (χ1n) is 6.09. The van der Waals surface area contributed by atoms with Gasteiger partial charge in [0, 0.05) is 22.7 Å². The number of amides is 1. The van der Waals surface area contributed by atoms with E-state index in [1.54, 1.807) is 29.2 Å². The van der Waals surface area contributed by atoms with E-state index in [0.717, 1.165) is 13.0 Å². The zero-order valence-electron chi connectivity index (χ0n) is 10.4. The summed E-state index contributed by atoms with van der Waals surface area (Å²) < 4.78 is 0. The molecule has 0 aliphatic carbocycles. The second-order valence-electron chi connectivity index (χ2n) is 4.07. The highest BCUT2D eigenvalue weighted by molar-refractivity contribution is 8.03. The fraction of sp³-hybridized carbons (Fsp3) is 0.357. The molecule has 96 valence electrons. The van der Waals surface area contributed by atoms with Crippen molar-refractivity contribution in [3.63, 3.8) is 0 Å². The van der Waals surface area contributed by atoms with Crippen molar-refractivity contribution >= 4 is 29.0 Å². The smallest absolute Gasteiger partial charge is 0.246 e. The third kappa shape index (κ3) is 3.75. The van der Waals surface area contributed by atoms with Crippen LogP contribution in [-0.2, 0) is 11.3 Å². The van der Waals surface area contributed by atoms with Crippen LogP contribution >= 0.6 is 23.1 Å². The Balaban J connectivity index is 1.88. The molecule has 1 atom stereocenters.